The molecule has 160 valence electrons. The van der Waals surface area contributed by atoms with Crippen LogP contribution in [0.15, 0.2) is 12.4 Å². The average Bonchev–Trinajstić information content (AvgIpc) is 3.40. The van der Waals surface area contributed by atoms with Gasteiger partial charge >= 0.3 is 0 Å². The van der Waals surface area contributed by atoms with Crippen LogP contribution in [0.3, 0.4) is 0 Å². The fourth-order valence-corrected chi connectivity index (χ4v) is 5.07. The zero-order valence-corrected chi connectivity index (χ0v) is 17.6. The van der Waals surface area contributed by atoms with Gasteiger partial charge in [-0.05, 0) is 45.1 Å². The zero-order valence-electron chi connectivity index (χ0n) is 17.6. The first-order valence-corrected chi connectivity index (χ1v) is 11.1. The van der Waals surface area contributed by atoms with Crippen LogP contribution in [0.5, 0.6) is 0 Å². The molecule has 0 saturated carbocycles. The van der Waals surface area contributed by atoms with E-state index < -0.39 is 0 Å². The van der Waals surface area contributed by atoms with Crippen LogP contribution in [0, 0.1) is 5.92 Å². The van der Waals surface area contributed by atoms with Gasteiger partial charge in [-0.1, -0.05) is 0 Å². The van der Waals surface area contributed by atoms with E-state index in [-0.39, 0.29) is 11.8 Å². The van der Waals surface area contributed by atoms with Crippen molar-refractivity contribution in [2.75, 3.05) is 51.1 Å². The van der Waals surface area contributed by atoms with Crippen LogP contribution >= 0.6 is 0 Å². The minimum atomic E-state index is 0.0192. The smallest absolute Gasteiger partial charge is 0.238 e. The molecule has 0 aromatic carbocycles. The Morgan fingerprint density at radius 2 is 1.83 bits per heavy atom. The number of amides is 2. The monoisotopic (exact) mass is 402 g/mol. The van der Waals surface area contributed by atoms with Gasteiger partial charge in [0, 0.05) is 52.0 Å². The standard InChI is InChI=1S/C21H34N6O2/c1-24-15-18(13-22-24)23-20(28)16-25-11-6-19(7-12-25)27-10-4-5-17(14-27)21(29)26-8-2-3-9-26/h13,15,17,19H,2-12,14,16H2,1H3,(H,23,28)/t17-/m1/s1. The molecule has 29 heavy (non-hydrogen) atoms. The molecule has 3 aliphatic heterocycles. The summed E-state index contributed by atoms with van der Waals surface area (Å²) < 4.78 is 1.68. The number of nitrogens with zero attached hydrogens (tertiary/aromatic N) is 5. The molecule has 3 fully saturated rings. The number of anilines is 1. The second-order valence-corrected chi connectivity index (χ2v) is 8.82. The van der Waals surface area contributed by atoms with E-state index >= 15 is 0 Å². The van der Waals surface area contributed by atoms with E-state index in [1.807, 2.05) is 7.05 Å². The Balaban J connectivity index is 1.21. The highest BCUT2D eigenvalue weighted by Crippen LogP contribution is 2.26. The van der Waals surface area contributed by atoms with Gasteiger partial charge in [0.1, 0.15) is 0 Å². The van der Waals surface area contributed by atoms with Crippen LogP contribution in [-0.4, -0.2) is 88.1 Å². The summed E-state index contributed by atoms with van der Waals surface area (Å²) in [5.74, 6) is 0.590. The SMILES string of the molecule is Cn1cc(NC(=O)CN2CCC(N3CCC[C@@H](C(=O)N4CCCC4)C3)CC2)cn1. The number of likely N-dealkylation sites (tertiary alicyclic amines) is 3. The van der Waals surface area contributed by atoms with Crippen molar-refractivity contribution >= 4 is 17.5 Å². The molecule has 1 aromatic rings. The lowest BCUT2D eigenvalue weighted by Crippen LogP contribution is -2.51. The Hall–Kier alpha value is -1.93. The molecule has 1 aromatic heterocycles. The van der Waals surface area contributed by atoms with Crippen molar-refractivity contribution in [3.05, 3.63) is 12.4 Å². The maximum Gasteiger partial charge on any atom is 0.238 e. The number of hydrogen-bond donors (Lipinski definition) is 1. The summed E-state index contributed by atoms with van der Waals surface area (Å²) >= 11 is 0. The molecule has 0 aliphatic carbocycles. The molecule has 3 aliphatic rings. The Labute approximate surface area is 173 Å². The minimum absolute atomic E-state index is 0.0192. The molecule has 3 saturated heterocycles. The minimum Gasteiger partial charge on any atom is -0.342 e. The molecule has 2 amide bonds. The van der Waals surface area contributed by atoms with Gasteiger partial charge in [0.25, 0.3) is 0 Å². The summed E-state index contributed by atoms with van der Waals surface area (Å²) in [5.41, 5.74) is 0.745. The number of hydrogen-bond acceptors (Lipinski definition) is 5. The molecule has 0 unspecified atom stereocenters. The summed E-state index contributed by atoms with van der Waals surface area (Å²) in [7, 11) is 1.84. The topological polar surface area (TPSA) is 73.7 Å². The van der Waals surface area contributed by atoms with Crippen LogP contribution in [0.25, 0.3) is 0 Å². The summed E-state index contributed by atoms with van der Waals surface area (Å²) in [6.07, 6.45) is 10.1. The second-order valence-electron chi connectivity index (χ2n) is 8.82. The van der Waals surface area contributed by atoms with Crippen molar-refractivity contribution in [1.29, 1.82) is 0 Å². The number of aryl methyl sites for hydroxylation is 1. The predicted octanol–water partition coefficient (Wildman–Crippen LogP) is 1.16. The van der Waals surface area contributed by atoms with Crippen LogP contribution in [0.2, 0.25) is 0 Å². The summed E-state index contributed by atoms with van der Waals surface area (Å²) in [5, 5.41) is 6.99. The van der Waals surface area contributed by atoms with E-state index in [0.29, 0.717) is 18.5 Å². The third kappa shape index (κ3) is 5.17. The summed E-state index contributed by atoms with van der Waals surface area (Å²) in [4.78, 5) is 31.9. The largest absolute Gasteiger partial charge is 0.342 e. The summed E-state index contributed by atoms with van der Waals surface area (Å²) in [6, 6.07) is 0.543. The highest BCUT2D eigenvalue weighted by atomic mass is 16.2. The first-order valence-electron chi connectivity index (χ1n) is 11.1. The number of nitrogens with one attached hydrogen (secondary N) is 1. The lowest BCUT2D eigenvalue weighted by Gasteiger charge is -2.42. The maximum atomic E-state index is 12.8. The van der Waals surface area contributed by atoms with Gasteiger partial charge in [-0.25, -0.2) is 0 Å². The van der Waals surface area contributed by atoms with Gasteiger partial charge in [-0.2, -0.15) is 5.10 Å². The fraction of sp³-hybridized carbons (Fsp3) is 0.762. The molecule has 0 bridgehead atoms. The highest BCUT2D eigenvalue weighted by Gasteiger charge is 2.34. The zero-order chi connectivity index (χ0) is 20.2. The Kier molecular flexibility index (Phi) is 6.50. The predicted molar refractivity (Wildman–Crippen MR) is 111 cm³/mol. The molecule has 8 nitrogen and oxygen atoms in total. The van der Waals surface area contributed by atoms with Gasteiger partial charge in [-0.15, -0.1) is 0 Å². The number of carbonyl (C=O) groups excluding carboxylic acids is 2. The van der Waals surface area contributed by atoms with Crippen molar-refractivity contribution in [3.8, 4) is 0 Å². The Morgan fingerprint density at radius 3 is 2.52 bits per heavy atom. The van der Waals surface area contributed by atoms with Crippen molar-refractivity contribution in [2.45, 2.75) is 44.6 Å². The quantitative estimate of drug-likeness (QED) is 0.800. The normalized spacial score (nSPS) is 24.7. The van der Waals surface area contributed by atoms with E-state index in [2.05, 4.69) is 25.1 Å². The number of piperidine rings is 2. The van der Waals surface area contributed by atoms with Gasteiger partial charge in [-0.3, -0.25) is 24.1 Å². The van der Waals surface area contributed by atoms with Gasteiger partial charge < -0.3 is 10.2 Å². The van der Waals surface area contributed by atoms with Gasteiger partial charge in [0.05, 0.1) is 24.3 Å². The van der Waals surface area contributed by atoms with Crippen LogP contribution in [0.1, 0.15) is 38.5 Å². The van der Waals surface area contributed by atoms with E-state index in [9.17, 15) is 9.59 Å². The molecule has 8 heteroatoms. The van der Waals surface area contributed by atoms with Crippen molar-refractivity contribution < 1.29 is 9.59 Å². The first-order chi connectivity index (χ1) is 14.1. The first kappa shape index (κ1) is 20.3. The van der Waals surface area contributed by atoms with Crippen molar-refractivity contribution in [3.63, 3.8) is 0 Å². The lowest BCUT2D eigenvalue weighted by molar-refractivity contribution is -0.136. The van der Waals surface area contributed by atoms with E-state index in [4.69, 9.17) is 0 Å². The second kappa shape index (κ2) is 9.26. The van der Waals surface area contributed by atoms with Crippen molar-refractivity contribution in [2.24, 2.45) is 13.0 Å². The molecule has 4 heterocycles. The third-order valence-electron chi connectivity index (χ3n) is 6.65. The van der Waals surface area contributed by atoms with E-state index in [0.717, 1.165) is 83.5 Å². The van der Waals surface area contributed by atoms with Gasteiger partial charge in [0.15, 0.2) is 0 Å². The number of aromatic nitrogens is 2. The van der Waals surface area contributed by atoms with Crippen LogP contribution in [-0.2, 0) is 16.6 Å². The summed E-state index contributed by atoms with van der Waals surface area (Å²) in [6.45, 7) is 6.23. The number of rotatable bonds is 5. The highest BCUT2D eigenvalue weighted by molar-refractivity contribution is 5.91. The molecular formula is C21H34N6O2. The molecule has 1 atom stereocenters. The Morgan fingerprint density at radius 1 is 1.07 bits per heavy atom. The molecular weight excluding hydrogens is 368 g/mol. The molecule has 0 radical (unpaired) electrons. The van der Waals surface area contributed by atoms with Crippen LogP contribution < -0.4 is 5.32 Å². The van der Waals surface area contributed by atoms with E-state index in [1.165, 1.54) is 0 Å². The third-order valence-corrected chi connectivity index (χ3v) is 6.65. The lowest BCUT2D eigenvalue weighted by atomic mass is 9.93. The average molecular weight is 403 g/mol. The molecule has 0 spiro atoms. The fourth-order valence-electron chi connectivity index (χ4n) is 5.07. The van der Waals surface area contributed by atoms with Crippen LogP contribution in [0.4, 0.5) is 5.69 Å². The maximum absolute atomic E-state index is 12.8. The van der Waals surface area contributed by atoms with E-state index in [1.54, 1.807) is 17.1 Å². The molecule has 4 rings (SSSR count). The Bertz CT molecular complexity index is 706. The van der Waals surface area contributed by atoms with Crippen molar-refractivity contribution in [1.82, 2.24) is 24.5 Å². The molecule has 1 N–H and O–H groups in total. The number of carbonyl (C=O) groups is 2. The van der Waals surface area contributed by atoms with Gasteiger partial charge in [0.2, 0.25) is 11.8 Å².